The molecule has 148 valence electrons. The van der Waals surface area contributed by atoms with Crippen LogP contribution >= 0.6 is 0 Å². The van der Waals surface area contributed by atoms with E-state index in [1.54, 1.807) is 0 Å². The molecule has 9 heteroatoms. The highest BCUT2D eigenvalue weighted by atomic mass is 19.4. The molecule has 1 amide bonds. The van der Waals surface area contributed by atoms with Gasteiger partial charge in [-0.25, -0.2) is 9.97 Å². The van der Waals surface area contributed by atoms with Crippen LogP contribution in [0.3, 0.4) is 0 Å². The molecular formula is C19H20F3N5O. The summed E-state index contributed by atoms with van der Waals surface area (Å²) in [4.78, 5) is 23.6. The fourth-order valence-corrected chi connectivity index (χ4v) is 3.81. The molecule has 0 spiro atoms. The van der Waals surface area contributed by atoms with Gasteiger partial charge < -0.3 is 10.2 Å². The predicted octanol–water partition coefficient (Wildman–Crippen LogP) is 2.71. The summed E-state index contributed by atoms with van der Waals surface area (Å²) in [5, 5.41) is 2.88. The number of halogens is 3. The number of carbonyl (C=O) groups is 1. The van der Waals surface area contributed by atoms with Gasteiger partial charge in [0, 0.05) is 36.9 Å². The number of rotatable bonds is 4. The fraction of sp³-hybridized carbons (Fsp3) is 0.421. The zero-order valence-corrected chi connectivity index (χ0v) is 15.3. The van der Waals surface area contributed by atoms with E-state index in [0.29, 0.717) is 13.1 Å². The number of hydrogen-bond acceptors (Lipinski definition) is 5. The van der Waals surface area contributed by atoms with Crippen molar-refractivity contribution in [3.05, 3.63) is 47.9 Å². The van der Waals surface area contributed by atoms with Gasteiger partial charge in [-0.05, 0) is 25.5 Å². The minimum atomic E-state index is -4.49. The van der Waals surface area contributed by atoms with E-state index in [2.05, 4.69) is 20.2 Å². The van der Waals surface area contributed by atoms with Crippen LogP contribution in [-0.4, -0.2) is 52.5 Å². The van der Waals surface area contributed by atoms with E-state index >= 15 is 0 Å². The van der Waals surface area contributed by atoms with Gasteiger partial charge in [-0.15, -0.1) is 0 Å². The van der Waals surface area contributed by atoms with E-state index < -0.39 is 11.9 Å². The van der Waals surface area contributed by atoms with Crippen LogP contribution in [0.15, 0.2) is 36.7 Å². The van der Waals surface area contributed by atoms with Crippen LogP contribution in [0.5, 0.6) is 0 Å². The van der Waals surface area contributed by atoms with Crippen molar-refractivity contribution in [2.24, 2.45) is 0 Å². The zero-order valence-electron chi connectivity index (χ0n) is 15.3. The topological polar surface area (TPSA) is 61.4 Å². The molecule has 1 aromatic carbocycles. The monoisotopic (exact) mass is 391 g/mol. The molecule has 2 aromatic rings. The van der Waals surface area contributed by atoms with Crippen LogP contribution in [0.25, 0.3) is 0 Å². The lowest BCUT2D eigenvalue weighted by molar-refractivity contribution is -0.141. The maximum Gasteiger partial charge on any atom is 0.433 e. The Balaban J connectivity index is 1.35. The molecule has 0 saturated carbocycles. The molecule has 1 N–H and O–H groups in total. The van der Waals surface area contributed by atoms with Crippen LogP contribution in [0.4, 0.5) is 24.7 Å². The molecule has 6 nitrogen and oxygen atoms in total. The van der Waals surface area contributed by atoms with Crippen molar-refractivity contribution in [2.75, 3.05) is 29.9 Å². The van der Waals surface area contributed by atoms with Gasteiger partial charge in [0.25, 0.3) is 0 Å². The first kappa shape index (κ1) is 18.7. The molecule has 3 fully saturated rings. The number of aryl methyl sites for hydroxylation is 1. The largest absolute Gasteiger partial charge is 0.433 e. The summed E-state index contributed by atoms with van der Waals surface area (Å²) < 4.78 is 38.6. The number of aromatic nitrogens is 2. The Morgan fingerprint density at radius 1 is 1.18 bits per heavy atom. The molecule has 3 aliphatic heterocycles. The lowest BCUT2D eigenvalue weighted by atomic mass is 9.87. The number of alkyl halides is 3. The second-order valence-corrected chi connectivity index (χ2v) is 7.29. The van der Waals surface area contributed by atoms with Gasteiger partial charge in [0.1, 0.15) is 17.8 Å². The maximum atomic E-state index is 12.9. The average molecular weight is 391 g/mol. The minimum absolute atomic E-state index is 0.0894. The van der Waals surface area contributed by atoms with Crippen LogP contribution in [-0.2, 0) is 11.0 Å². The first-order valence-corrected chi connectivity index (χ1v) is 9.06. The van der Waals surface area contributed by atoms with Gasteiger partial charge in [0.2, 0.25) is 5.91 Å². The smallest absolute Gasteiger partial charge is 0.353 e. The third kappa shape index (κ3) is 3.80. The lowest BCUT2D eigenvalue weighted by Crippen LogP contribution is -2.69. The Bertz CT molecular complexity index is 859. The quantitative estimate of drug-likeness (QED) is 0.869. The van der Waals surface area contributed by atoms with Crippen LogP contribution in [0.1, 0.15) is 17.7 Å². The summed E-state index contributed by atoms with van der Waals surface area (Å²) in [5.74, 6) is 0.189. The van der Waals surface area contributed by atoms with Crippen molar-refractivity contribution >= 4 is 17.4 Å². The van der Waals surface area contributed by atoms with E-state index in [0.717, 1.165) is 30.1 Å². The highest BCUT2D eigenvalue weighted by Gasteiger charge is 2.45. The number of anilines is 2. The molecule has 4 heterocycles. The number of amides is 1. The maximum absolute atomic E-state index is 12.9. The van der Waals surface area contributed by atoms with E-state index in [-0.39, 0.29) is 30.4 Å². The third-order valence-electron chi connectivity index (χ3n) is 5.27. The van der Waals surface area contributed by atoms with Gasteiger partial charge in [-0.3, -0.25) is 9.69 Å². The normalized spacial score (nSPS) is 21.9. The van der Waals surface area contributed by atoms with E-state index in [1.807, 2.05) is 36.1 Å². The van der Waals surface area contributed by atoms with E-state index in [1.165, 1.54) is 0 Å². The molecular weight excluding hydrogens is 371 g/mol. The third-order valence-corrected chi connectivity index (χ3v) is 5.27. The molecule has 1 aromatic heterocycles. The van der Waals surface area contributed by atoms with Crippen LogP contribution < -0.4 is 10.2 Å². The van der Waals surface area contributed by atoms with Crippen molar-refractivity contribution in [1.29, 1.82) is 0 Å². The lowest BCUT2D eigenvalue weighted by Gasteiger charge is -2.56. The molecule has 3 aliphatic rings. The van der Waals surface area contributed by atoms with E-state index in [4.69, 9.17) is 0 Å². The Kier molecular flexibility index (Phi) is 4.70. The highest BCUT2D eigenvalue weighted by Crippen LogP contribution is 2.35. The van der Waals surface area contributed by atoms with Gasteiger partial charge >= 0.3 is 6.18 Å². The Hall–Kier alpha value is -2.68. The first-order chi connectivity index (χ1) is 13.3. The molecule has 28 heavy (non-hydrogen) atoms. The van der Waals surface area contributed by atoms with Gasteiger partial charge in [0.15, 0.2) is 0 Å². The van der Waals surface area contributed by atoms with Crippen molar-refractivity contribution in [3.63, 3.8) is 0 Å². The van der Waals surface area contributed by atoms with Crippen molar-refractivity contribution in [3.8, 4) is 0 Å². The molecule has 0 radical (unpaired) electrons. The summed E-state index contributed by atoms with van der Waals surface area (Å²) in [7, 11) is 0. The minimum Gasteiger partial charge on any atom is -0.353 e. The second kappa shape index (κ2) is 7.05. The number of fused-ring (bicyclic) bond motifs is 2. The first-order valence-electron chi connectivity index (χ1n) is 9.06. The van der Waals surface area contributed by atoms with Gasteiger partial charge in [0.05, 0.1) is 6.54 Å². The number of piperazine rings is 1. The number of nitrogens with zero attached hydrogens (tertiary/aromatic N) is 4. The Labute approximate surface area is 160 Å². The van der Waals surface area contributed by atoms with Gasteiger partial charge in [-0.2, -0.15) is 13.2 Å². The standard InChI is InChI=1S/C19H20F3N5O/c1-12-2-4-13(5-3-12)25-18(28)10-27-14-6-15(27)9-26(8-14)17-7-16(19(20,21)22)23-11-24-17/h2-5,7,11,14-15H,6,8-10H2,1H3,(H,25,28). The highest BCUT2D eigenvalue weighted by molar-refractivity contribution is 5.92. The predicted molar refractivity (Wildman–Crippen MR) is 98.0 cm³/mol. The second-order valence-electron chi connectivity index (χ2n) is 7.29. The van der Waals surface area contributed by atoms with Crippen molar-refractivity contribution in [1.82, 2.24) is 14.9 Å². The number of piperidine rings is 1. The summed E-state index contributed by atoms with van der Waals surface area (Å²) in [6, 6.07) is 8.84. The summed E-state index contributed by atoms with van der Waals surface area (Å²) in [6.07, 6.45) is -2.60. The Morgan fingerprint density at radius 2 is 1.86 bits per heavy atom. The van der Waals surface area contributed by atoms with Crippen molar-refractivity contribution < 1.29 is 18.0 Å². The molecule has 2 bridgehead atoms. The SMILES string of the molecule is Cc1ccc(NC(=O)CN2C3CC2CN(c2cc(C(F)(F)F)ncn2)C3)cc1. The number of hydrogen-bond donors (Lipinski definition) is 1. The molecule has 0 aliphatic carbocycles. The van der Waals surface area contributed by atoms with E-state index in [9.17, 15) is 18.0 Å². The summed E-state index contributed by atoms with van der Waals surface area (Å²) >= 11 is 0. The summed E-state index contributed by atoms with van der Waals surface area (Å²) in [5.41, 5.74) is 0.934. The molecule has 2 unspecified atom stereocenters. The zero-order chi connectivity index (χ0) is 19.9. The number of nitrogens with one attached hydrogen (secondary N) is 1. The Morgan fingerprint density at radius 3 is 2.50 bits per heavy atom. The molecule has 2 atom stereocenters. The summed E-state index contributed by atoms with van der Waals surface area (Å²) in [6.45, 7) is 3.34. The van der Waals surface area contributed by atoms with Crippen LogP contribution in [0, 0.1) is 6.92 Å². The number of benzene rings is 1. The molecule has 5 rings (SSSR count). The van der Waals surface area contributed by atoms with Gasteiger partial charge in [-0.1, -0.05) is 17.7 Å². The molecule has 3 saturated heterocycles. The fourth-order valence-electron chi connectivity index (χ4n) is 3.81. The van der Waals surface area contributed by atoms with Crippen molar-refractivity contribution in [2.45, 2.75) is 31.6 Å². The average Bonchev–Trinajstić information content (AvgIpc) is 2.67. The number of carbonyl (C=O) groups excluding carboxylic acids is 1. The van der Waals surface area contributed by atoms with Crippen LogP contribution in [0.2, 0.25) is 0 Å².